The number of carbonyl (C=O) groups is 1. The molecule has 4 rings (SSSR count). The zero-order chi connectivity index (χ0) is 22.8. The maximum absolute atomic E-state index is 13.6. The number of carbonyl (C=O) groups excluding carboxylic acids is 1. The summed E-state index contributed by atoms with van der Waals surface area (Å²) in [6.45, 7) is 0.500. The van der Waals surface area contributed by atoms with Crippen LogP contribution in [0.1, 0.15) is 11.8 Å². The van der Waals surface area contributed by atoms with Crippen LogP contribution in [0.2, 0.25) is 0 Å². The molecule has 170 valence electrons. The Balaban J connectivity index is 1.51. The quantitative estimate of drug-likeness (QED) is 0.393. The second kappa shape index (κ2) is 9.02. The van der Waals surface area contributed by atoms with E-state index in [0.717, 1.165) is 5.56 Å². The lowest BCUT2D eigenvalue weighted by atomic mass is 10.1. The second-order valence-electron chi connectivity index (χ2n) is 7.32. The van der Waals surface area contributed by atoms with Gasteiger partial charge in [0.05, 0.1) is 19.5 Å². The van der Waals surface area contributed by atoms with E-state index in [2.05, 4.69) is 25.6 Å². The number of nitrogens with zero attached hydrogens (tertiary/aromatic N) is 4. The lowest BCUT2D eigenvalue weighted by Crippen LogP contribution is -2.46. The molecule has 1 saturated heterocycles. The van der Waals surface area contributed by atoms with E-state index in [1.54, 1.807) is 12.1 Å². The van der Waals surface area contributed by atoms with E-state index in [0.29, 0.717) is 29.9 Å². The van der Waals surface area contributed by atoms with E-state index in [1.807, 2.05) is 0 Å². The van der Waals surface area contributed by atoms with Gasteiger partial charge in [0.15, 0.2) is 40.9 Å². The number of anilines is 1. The number of likely N-dealkylation sites (N-methyl/N-ethyl adjacent to an activating group) is 1. The van der Waals surface area contributed by atoms with Gasteiger partial charge in [-0.1, -0.05) is 6.07 Å². The maximum atomic E-state index is 13.6. The number of halogens is 1. The molecule has 0 spiro atoms. The van der Waals surface area contributed by atoms with Crippen LogP contribution in [0.25, 0.3) is 11.2 Å². The Kier molecular flexibility index (Phi) is 6.17. The number of fused-ring (bicyclic) bond motifs is 1. The number of benzene rings is 1. The van der Waals surface area contributed by atoms with Crippen molar-refractivity contribution in [2.24, 2.45) is 5.73 Å². The molecule has 5 N–H and O–H groups in total. The van der Waals surface area contributed by atoms with Gasteiger partial charge in [0.1, 0.15) is 12.4 Å². The SMILES string of the molecule is CNC(=O)C1OC(n2cnc3c(NCCc4ccc(F)c(OC)c4)ncnc32)C(O)C1N. The van der Waals surface area contributed by atoms with E-state index in [9.17, 15) is 14.3 Å². The number of aliphatic hydroxyl groups is 1. The minimum atomic E-state index is -1.13. The van der Waals surface area contributed by atoms with Crippen LogP contribution in [-0.4, -0.2) is 69.5 Å². The van der Waals surface area contributed by atoms with Gasteiger partial charge in [-0.25, -0.2) is 19.3 Å². The first-order valence-corrected chi connectivity index (χ1v) is 9.99. The average molecular weight is 445 g/mol. The third kappa shape index (κ3) is 3.95. The van der Waals surface area contributed by atoms with Gasteiger partial charge in [0.2, 0.25) is 0 Å². The molecule has 3 heterocycles. The van der Waals surface area contributed by atoms with Crippen LogP contribution in [0, 0.1) is 5.82 Å². The summed E-state index contributed by atoms with van der Waals surface area (Å²) in [6.07, 6.45) is 0.366. The molecule has 1 amide bonds. The van der Waals surface area contributed by atoms with Crippen LogP contribution in [0.15, 0.2) is 30.9 Å². The summed E-state index contributed by atoms with van der Waals surface area (Å²) in [5.74, 6) is -0.156. The lowest BCUT2D eigenvalue weighted by molar-refractivity contribution is -0.134. The molecule has 0 saturated carbocycles. The lowest BCUT2D eigenvalue weighted by Gasteiger charge is -2.16. The van der Waals surface area contributed by atoms with Crippen LogP contribution in [0.3, 0.4) is 0 Å². The Morgan fingerprint density at radius 3 is 2.94 bits per heavy atom. The molecule has 4 atom stereocenters. The molecule has 11 nitrogen and oxygen atoms in total. The number of nitrogens with two attached hydrogens (primary N) is 1. The minimum absolute atomic E-state index is 0.189. The summed E-state index contributed by atoms with van der Waals surface area (Å²) < 4.78 is 25.8. The summed E-state index contributed by atoms with van der Waals surface area (Å²) >= 11 is 0. The number of imidazole rings is 1. The Hall–Kier alpha value is -3.35. The van der Waals surface area contributed by atoms with Crippen molar-refractivity contribution in [2.45, 2.75) is 30.9 Å². The zero-order valence-corrected chi connectivity index (χ0v) is 17.5. The number of hydrogen-bond acceptors (Lipinski definition) is 9. The van der Waals surface area contributed by atoms with E-state index in [4.69, 9.17) is 15.2 Å². The Bertz CT molecular complexity index is 1120. The fraction of sp³-hybridized carbons (Fsp3) is 0.400. The van der Waals surface area contributed by atoms with Crippen molar-refractivity contribution in [3.05, 3.63) is 42.2 Å². The number of aliphatic hydroxyl groups excluding tert-OH is 1. The van der Waals surface area contributed by atoms with Gasteiger partial charge in [0.25, 0.3) is 5.91 Å². The molecular weight excluding hydrogens is 421 g/mol. The van der Waals surface area contributed by atoms with Crippen molar-refractivity contribution in [3.63, 3.8) is 0 Å². The topological polar surface area (TPSA) is 149 Å². The smallest absolute Gasteiger partial charge is 0.250 e. The number of nitrogens with one attached hydrogen (secondary N) is 2. The summed E-state index contributed by atoms with van der Waals surface area (Å²) in [7, 11) is 2.89. The van der Waals surface area contributed by atoms with Gasteiger partial charge < -0.3 is 30.9 Å². The maximum Gasteiger partial charge on any atom is 0.250 e. The first-order valence-electron chi connectivity index (χ1n) is 9.99. The van der Waals surface area contributed by atoms with Crippen molar-refractivity contribution in [1.82, 2.24) is 24.8 Å². The van der Waals surface area contributed by atoms with Gasteiger partial charge in [-0.05, 0) is 24.1 Å². The molecular formula is C20H24FN7O4. The van der Waals surface area contributed by atoms with Crippen molar-refractivity contribution >= 4 is 22.9 Å². The van der Waals surface area contributed by atoms with Crippen molar-refractivity contribution in [1.29, 1.82) is 0 Å². The fourth-order valence-corrected chi connectivity index (χ4v) is 3.65. The number of rotatable bonds is 7. The molecule has 0 aliphatic carbocycles. The third-order valence-electron chi connectivity index (χ3n) is 5.38. The van der Waals surface area contributed by atoms with Gasteiger partial charge in [-0.3, -0.25) is 9.36 Å². The second-order valence-corrected chi connectivity index (χ2v) is 7.32. The molecule has 1 aromatic carbocycles. The fourth-order valence-electron chi connectivity index (χ4n) is 3.65. The monoisotopic (exact) mass is 445 g/mol. The molecule has 4 unspecified atom stereocenters. The highest BCUT2D eigenvalue weighted by Gasteiger charge is 2.46. The largest absolute Gasteiger partial charge is 0.494 e. The van der Waals surface area contributed by atoms with E-state index in [1.165, 1.54) is 37.4 Å². The Labute approximate surface area is 182 Å². The number of aromatic nitrogens is 4. The van der Waals surface area contributed by atoms with Crippen molar-refractivity contribution < 1.29 is 23.8 Å². The van der Waals surface area contributed by atoms with Gasteiger partial charge in [-0.2, -0.15) is 0 Å². The van der Waals surface area contributed by atoms with Gasteiger partial charge in [-0.15, -0.1) is 0 Å². The molecule has 32 heavy (non-hydrogen) atoms. The van der Waals surface area contributed by atoms with Crippen LogP contribution in [-0.2, 0) is 16.0 Å². The molecule has 2 aromatic heterocycles. The molecule has 3 aromatic rings. The van der Waals surface area contributed by atoms with E-state index < -0.39 is 36.2 Å². The molecule has 1 aliphatic rings. The highest BCUT2D eigenvalue weighted by molar-refractivity contribution is 5.83. The minimum Gasteiger partial charge on any atom is -0.494 e. The summed E-state index contributed by atoms with van der Waals surface area (Å²) in [6, 6.07) is 3.80. The normalized spacial score (nSPS) is 22.8. The first kappa shape index (κ1) is 21.9. The Morgan fingerprint density at radius 2 is 2.19 bits per heavy atom. The molecule has 12 heteroatoms. The zero-order valence-electron chi connectivity index (χ0n) is 17.5. The van der Waals surface area contributed by atoms with Crippen LogP contribution in [0.4, 0.5) is 10.2 Å². The first-order chi connectivity index (χ1) is 15.4. The number of amides is 1. The van der Waals surface area contributed by atoms with Crippen LogP contribution in [0.5, 0.6) is 5.75 Å². The summed E-state index contributed by atoms with van der Waals surface area (Å²) in [4.78, 5) is 24.8. The predicted octanol–water partition coefficient (Wildman–Crippen LogP) is -0.0398. The van der Waals surface area contributed by atoms with Gasteiger partial charge >= 0.3 is 0 Å². The predicted molar refractivity (Wildman–Crippen MR) is 112 cm³/mol. The number of methoxy groups -OCH3 is 1. The van der Waals surface area contributed by atoms with Crippen LogP contribution >= 0.6 is 0 Å². The third-order valence-corrected chi connectivity index (χ3v) is 5.38. The molecule has 1 aliphatic heterocycles. The molecule has 1 fully saturated rings. The van der Waals surface area contributed by atoms with Crippen molar-refractivity contribution in [3.8, 4) is 5.75 Å². The van der Waals surface area contributed by atoms with E-state index >= 15 is 0 Å². The van der Waals surface area contributed by atoms with Crippen molar-refractivity contribution in [2.75, 3.05) is 26.0 Å². The Morgan fingerprint density at radius 1 is 1.38 bits per heavy atom. The standard InChI is InChI=1S/C20H24FN7O4/c1-23-19(30)16-13(22)15(29)20(32-16)28-9-27-14-17(25-8-26-18(14)28)24-6-5-10-3-4-11(21)12(7-10)31-2/h3-4,7-9,13,15-16,20,29H,5-6,22H2,1-2H3,(H,23,30)(H,24,25,26). The summed E-state index contributed by atoms with van der Waals surface area (Å²) in [5.41, 5.74) is 7.75. The highest BCUT2D eigenvalue weighted by atomic mass is 19.1. The number of hydrogen-bond donors (Lipinski definition) is 4. The highest BCUT2D eigenvalue weighted by Crippen LogP contribution is 2.31. The van der Waals surface area contributed by atoms with E-state index in [-0.39, 0.29) is 5.75 Å². The average Bonchev–Trinajstić information content (AvgIpc) is 3.36. The van der Waals surface area contributed by atoms with Crippen LogP contribution < -0.4 is 21.1 Å². The molecule has 0 bridgehead atoms. The number of ether oxygens (including phenoxy) is 2. The van der Waals surface area contributed by atoms with Gasteiger partial charge in [0, 0.05) is 13.6 Å². The molecule has 0 radical (unpaired) electrons. The summed E-state index contributed by atoms with van der Waals surface area (Å²) in [5, 5.41) is 16.2.